The Labute approximate surface area is 142 Å². The molecule has 21 heavy (non-hydrogen) atoms. The van der Waals surface area contributed by atoms with Crippen molar-refractivity contribution >= 4 is 39.8 Å². The Hall–Kier alpha value is -0.920. The molecule has 3 rings (SSSR count). The second-order valence-corrected chi connectivity index (χ2v) is 7.90. The van der Waals surface area contributed by atoms with Crippen LogP contribution in [0.1, 0.15) is 40.0 Å². The lowest BCUT2D eigenvalue weighted by Crippen LogP contribution is -2.32. The van der Waals surface area contributed by atoms with Crippen molar-refractivity contribution in [3.8, 4) is 0 Å². The summed E-state index contributed by atoms with van der Waals surface area (Å²) in [6.45, 7) is 3.74. The molecule has 1 aliphatic rings. The zero-order chi connectivity index (χ0) is 14.8. The first-order valence-electron chi connectivity index (χ1n) is 7.07. The van der Waals surface area contributed by atoms with Crippen LogP contribution in [0.5, 0.6) is 0 Å². The Kier molecular flexibility index (Phi) is 4.61. The Morgan fingerprint density at radius 1 is 1.38 bits per heavy atom. The molecular formula is C16H17IN2OS. The molecule has 110 valence electrons. The van der Waals surface area contributed by atoms with E-state index in [2.05, 4.69) is 63.7 Å². The summed E-state index contributed by atoms with van der Waals surface area (Å²) in [7, 11) is 0. The second kappa shape index (κ2) is 6.46. The fourth-order valence-electron chi connectivity index (χ4n) is 2.72. The minimum atomic E-state index is 0.0493. The maximum atomic E-state index is 12.0. The molecule has 1 unspecified atom stereocenters. The monoisotopic (exact) mass is 412 g/mol. The number of fused-ring (bicyclic) bond motifs is 1. The maximum Gasteiger partial charge on any atom is 0.251 e. The third-order valence-corrected chi connectivity index (χ3v) is 5.53. The molecule has 0 saturated heterocycles. The highest BCUT2D eigenvalue weighted by Crippen LogP contribution is 2.29. The highest BCUT2D eigenvalue weighted by atomic mass is 127. The van der Waals surface area contributed by atoms with Crippen LogP contribution in [0.3, 0.4) is 0 Å². The zero-order valence-electron chi connectivity index (χ0n) is 11.8. The maximum absolute atomic E-state index is 12.0. The molecule has 2 heterocycles. The van der Waals surface area contributed by atoms with E-state index in [0.717, 1.165) is 36.2 Å². The lowest BCUT2D eigenvalue weighted by Gasteiger charge is -2.21. The quantitative estimate of drug-likeness (QED) is 0.757. The molecule has 1 aromatic carbocycles. The molecule has 2 aromatic rings. The summed E-state index contributed by atoms with van der Waals surface area (Å²) in [6.07, 6.45) is 0.920. The van der Waals surface area contributed by atoms with Crippen LogP contribution in [0.15, 0.2) is 29.6 Å². The standard InChI is InChI=1S/C16H17IN2OS/c1-2-18-15(12-8-14(17)21-9-12)11-4-3-10-5-6-19-16(20)13(10)7-11/h3-4,7-9,15,18H,2,5-6H2,1H3,(H,19,20). The minimum absolute atomic E-state index is 0.0493. The summed E-state index contributed by atoms with van der Waals surface area (Å²) in [5.41, 5.74) is 4.40. The molecule has 0 bridgehead atoms. The smallest absolute Gasteiger partial charge is 0.251 e. The molecule has 0 fully saturated rings. The van der Waals surface area contributed by atoms with E-state index in [1.807, 2.05) is 6.07 Å². The van der Waals surface area contributed by atoms with Crippen LogP contribution in [-0.2, 0) is 6.42 Å². The van der Waals surface area contributed by atoms with Crippen molar-refractivity contribution in [3.63, 3.8) is 0 Å². The zero-order valence-corrected chi connectivity index (χ0v) is 14.8. The molecule has 0 saturated carbocycles. The van der Waals surface area contributed by atoms with Gasteiger partial charge in [-0.2, -0.15) is 0 Å². The van der Waals surface area contributed by atoms with Crippen LogP contribution < -0.4 is 10.6 Å². The van der Waals surface area contributed by atoms with Crippen molar-refractivity contribution < 1.29 is 4.79 Å². The van der Waals surface area contributed by atoms with Gasteiger partial charge in [0.05, 0.1) is 8.93 Å². The van der Waals surface area contributed by atoms with Crippen LogP contribution in [0.2, 0.25) is 0 Å². The molecule has 0 aliphatic carbocycles. The number of thiophene rings is 1. The fourth-order valence-corrected chi connectivity index (χ4v) is 4.11. The van der Waals surface area contributed by atoms with Crippen LogP contribution >= 0.6 is 33.9 Å². The summed E-state index contributed by atoms with van der Waals surface area (Å²) in [6, 6.07) is 8.65. The van der Waals surface area contributed by atoms with E-state index in [4.69, 9.17) is 0 Å². The number of hydrogen-bond donors (Lipinski definition) is 2. The van der Waals surface area contributed by atoms with Crippen molar-refractivity contribution in [2.45, 2.75) is 19.4 Å². The van der Waals surface area contributed by atoms with E-state index < -0.39 is 0 Å². The third kappa shape index (κ3) is 3.14. The summed E-state index contributed by atoms with van der Waals surface area (Å²) < 4.78 is 1.28. The topological polar surface area (TPSA) is 41.1 Å². The van der Waals surface area contributed by atoms with Gasteiger partial charge in [-0.25, -0.2) is 0 Å². The fraction of sp³-hybridized carbons (Fsp3) is 0.312. The third-order valence-electron chi connectivity index (χ3n) is 3.72. The van der Waals surface area contributed by atoms with Gasteiger partial charge in [-0.3, -0.25) is 4.79 Å². The van der Waals surface area contributed by atoms with Gasteiger partial charge in [0.25, 0.3) is 5.91 Å². The molecule has 5 heteroatoms. The lowest BCUT2D eigenvalue weighted by molar-refractivity contribution is 0.0946. The minimum Gasteiger partial charge on any atom is -0.352 e. The predicted molar refractivity (Wildman–Crippen MR) is 95.0 cm³/mol. The first-order valence-corrected chi connectivity index (χ1v) is 9.03. The summed E-state index contributed by atoms with van der Waals surface area (Å²) in [5, 5.41) is 8.63. The first-order chi connectivity index (χ1) is 10.2. The van der Waals surface area contributed by atoms with Gasteiger partial charge < -0.3 is 10.6 Å². The Balaban J connectivity index is 2.00. The number of hydrogen-bond acceptors (Lipinski definition) is 3. The lowest BCUT2D eigenvalue weighted by atomic mass is 9.93. The van der Waals surface area contributed by atoms with Gasteiger partial charge in [0.1, 0.15) is 0 Å². The second-order valence-electron chi connectivity index (χ2n) is 5.10. The largest absolute Gasteiger partial charge is 0.352 e. The molecule has 3 nitrogen and oxygen atoms in total. The average Bonchev–Trinajstić information content (AvgIpc) is 2.91. The number of carbonyl (C=O) groups is 1. The van der Waals surface area contributed by atoms with Gasteiger partial charge in [-0.05, 0) is 69.8 Å². The van der Waals surface area contributed by atoms with Gasteiger partial charge >= 0.3 is 0 Å². The van der Waals surface area contributed by atoms with E-state index >= 15 is 0 Å². The van der Waals surface area contributed by atoms with Crippen LogP contribution in [0, 0.1) is 2.88 Å². The number of nitrogens with one attached hydrogen (secondary N) is 2. The number of halogens is 1. The number of carbonyl (C=O) groups excluding carboxylic acids is 1. The molecule has 1 aliphatic heterocycles. The van der Waals surface area contributed by atoms with Crippen molar-refractivity contribution in [2.24, 2.45) is 0 Å². The number of rotatable bonds is 4. The van der Waals surface area contributed by atoms with Crippen molar-refractivity contribution in [3.05, 3.63) is 54.8 Å². The van der Waals surface area contributed by atoms with Crippen molar-refractivity contribution in [2.75, 3.05) is 13.1 Å². The van der Waals surface area contributed by atoms with Gasteiger partial charge in [-0.1, -0.05) is 19.1 Å². The summed E-state index contributed by atoms with van der Waals surface area (Å²) >= 11 is 4.10. The Morgan fingerprint density at radius 3 is 2.95 bits per heavy atom. The van der Waals surface area contributed by atoms with Crippen LogP contribution in [0.25, 0.3) is 0 Å². The van der Waals surface area contributed by atoms with Crippen molar-refractivity contribution in [1.82, 2.24) is 10.6 Å². The molecule has 1 atom stereocenters. The molecular weight excluding hydrogens is 395 g/mol. The number of benzene rings is 1. The molecule has 1 aromatic heterocycles. The van der Waals surface area contributed by atoms with E-state index in [-0.39, 0.29) is 11.9 Å². The van der Waals surface area contributed by atoms with Crippen molar-refractivity contribution in [1.29, 1.82) is 0 Å². The highest BCUT2D eigenvalue weighted by molar-refractivity contribution is 14.1. The summed E-state index contributed by atoms with van der Waals surface area (Å²) in [4.78, 5) is 12.0. The highest BCUT2D eigenvalue weighted by Gasteiger charge is 2.20. The predicted octanol–water partition coefficient (Wildman–Crippen LogP) is 3.34. The Morgan fingerprint density at radius 2 is 2.24 bits per heavy atom. The van der Waals surface area contributed by atoms with E-state index in [1.165, 1.54) is 8.45 Å². The van der Waals surface area contributed by atoms with Gasteiger partial charge in [-0.15, -0.1) is 11.3 Å². The Bertz CT molecular complexity index is 668. The average molecular weight is 412 g/mol. The molecule has 0 spiro atoms. The van der Waals surface area contributed by atoms with Gasteiger partial charge in [0.15, 0.2) is 0 Å². The SMILES string of the molecule is CCNC(c1csc(I)c1)c1ccc2c(c1)C(=O)NCC2. The van der Waals surface area contributed by atoms with Gasteiger partial charge in [0.2, 0.25) is 0 Å². The molecule has 0 radical (unpaired) electrons. The van der Waals surface area contributed by atoms with Crippen LogP contribution in [-0.4, -0.2) is 19.0 Å². The van der Waals surface area contributed by atoms with E-state index in [1.54, 1.807) is 11.3 Å². The molecule has 2 N–H and O–H groups in total. The molecule has 1 amide bonds. The normalized spacial score (nSPS) is 15.4. The summed E-state index contributed by atoms with van der Waals surface area (Å²) in [5.74, 6) is 0.0493. The van der Waals surface area contributed by atoms with E-state index in [0.29, 0.717) is 0 Å². The first kappa shape index (κ1) is 15.0. The van der Waals surface area contributed by atoms with Crippen LogP contribution in [0.4, 0.5) is 0 Å². The van der Waals surface area contributed by atoms with E-state index in [9.17, 15) is 4.79 Å². The van der Waals surface area contributed by atoms with Gasteiger partial charge in [0, 0.05) is 12.1 Å². The number of amides is 1.